The predicted octanol–water partition coefficient (Wildman–Crippen LogP) is 1.52. The lowest BCUT2D eigenvalue weighted by Gasteiger charge is -1.98. The topological polar surface area (TPSA) is 64.9 Å². The van der Waals surface area contributed by atoms with Crippen molar-refractivity contribution in [2.45, 2.75) is 6.42 Å². The molecule has 15 heavy (non-hydrogen) atoms. The molecule has 6 heteroatoms. The normalized spacial score (nSPS) is 10.5. The second kappa shape index (κ2) is 3.64. The molecule has 0 unspecified atom stereocenters. The van der Waals surface area contributed by atoms with Crippen LogP contribution in [0.25, 0.3) is 0 Å². The largest absolute Gasteiger partial charge is 0.408 e. The van der Waals surface area contributed by atoms with E-state index in [0.717, 1.165) is 12.1 Å². The van der Waals surface area contributed by atoms with Gasteiger partial charge in [0.1, 0.15) is 11.6 Å². The summed E-state index contributed by atoms with van der Waals surface area (Å²) in [6, 6.07) is 3.21. The van der Waals surface area contributed by atoms with Crippen LogP contribution in [0.5, 0.6) is 0 Å². The number of aromatic nitrogens is 2. The molecule has 0 bridgehead atoms. The highest BCUT2D eigenvalue weighted by Gasteiger charge is 2.09. The van der Waals surface area contributed by atoms with Gasteiger partial charge in [-0.05, 0) is 11.6 Å². The molecule has 2 rings (SSSR count). The van der Waals surface area contributed by atoms with Gasteiger partial charge in [-0.3, -0.25) is 0 Å². The van der Waals surface area contributed by atoms with Gasteiger partial charge in [0.2, 0.25) is 5.89 Å². The van der Waals surface area contributed by atoms with Gasteiger partial charge in [-0.15, -0.1) is 5.10 Å². The highest BCUT2D eigenvalue weighted by Crippen LogP contribution is 2.14. The van der Waals surface area contributed by atoms with Gasteiger partial charge in [0.05, 0.1) is 6.42 Å². The van der Waals surface area contributed by atoms with Crippen LogP contribution in [0.2, 0.25) is 0 Å². The van der Waals surface area contributed by atoms with E-state index in [9.17, 15) is 8.78 Å². The van der Waals surface area contributed by atoms with Crippen LogP contribution in [-0.2, 0) is 6.42 Å². The van der Waals surface area contributed by atoms with Crippen LogP contribution in [0.15, 0.2) is 22.6 Å². The summed E-state index contributed by atoms with van der Waals surface area (Å²) >= 11 is 0. The monoisotopic (exact) mass is 211 g/mol. The summed E-state index contributed by atoms with van der Waals surface area (Å²) in [7, 11) is 0. The molecule has 1 aromatic heterocycles. The van der Waals surface area contributed by atoms with Crippen LogP contribution in [0.4, 0.5) is 14.8 Å². The average molecular weight is 211 g/mol. The number of benzene rings is 1. The zero-order chi connectivity index (χ0) is 10.8. The summed E-state index contributed by atoms with van der Waals surface area (Å²) in [6.45, 7) is 0. The molecule has 0 aliphatic heterocycles. The van der Waals surface area contributed by atoms with Gasteiger partial charge >= 0.3 is 6.01 Å². The number of anilines is 1. The first kappa shape index (κ1) is 9.57. The fourth-order valence-electron chi connectivity index (χ4n) is 1.17. The summed E-state index contributed by atoms with van der Waals surface area (Å²) in [5, 5.41) is 7.00. The van der Waals surface area contributed by atoms with Gasteiger partial charge in [0.25, 0.3) is 0 Å². The van der Waals surface area contributed by atoms with E-state index in [0.29, 0.717) is 0 Å². The Kier molecular flexibility index (Phi) is 2.32. The third-order valence-corrected chi connectivity index (χ3v) is 1.84. The van der Waals surface area contributed by atoms with Crippen LogP contribution >= 0.6 is 0 Å². The molecule has 1 heterocycles. The number of nitrogens with two attached hydrogens (primary N) is 1. The lowest BCUT2D eigenvalue weighted by atomic mass is 10.1. The molecule has 0 atom stereocenters. The quantitative estimate of drug-likeness (QED) is 0.817. The molecule has 0 radical (unpaired) electrons. The molecular weight excluding hydrogens is 204 g/mol. The van der Waals surface area contributed by atoms with Crippen molar-refractivity contribution in [3.63, 3.8) is 0 Å². The SMILES string of the molecule is Nc1nnc(Cc2ccc(F)cc2F)o1. The van der Waals surface area contributed by atoms with E-state index in [4.69, 9.17) is 10.2 Å². The van der Waals surface area contributed by atoms with E-state index < -0.39 is 11.6 Å². The van der Waals surface area contributed by atoms with Gasteiger partial charge < -0.3 is 10.2 Å². The molecule has 78 valence electrons. The maximum Gasteiger partial charge on any atom is 0.312 e. The molecule has 0 spiro atoms. The Bertz CT molecular complexity index is 484. The van der Waals surface area contributed by atoms with Crippen molar-refractivity contribution < 1.29 is 13.2 Å². The standard InChI is InChI=1S/C9H7F2N3O/c10-6-2-1-5(7(11)4-6)3-8-13-14-9(12)15-8/h1-2,4H,3H2,(H2,12,14). The summed E-state index contributed by atoms with van der Waals surface area (Å²) < 4.78 is 30.6. The van der Waals surface area contributed by atoms with Crippen molar-refractivity contribution in [1.29, 1.82) is 0 Å². The second-order valence-corrected chi connectivity index (χ2v) is 2.95. The Morgan fingerprint density at radius 1 is 1.27 bits per heavy atom. The molecule has 2 N–H and O–H groups in total. The summed E-state index contributed by atoms with van der Waals surface area (Å²) in [6.07, 6.45) is 0.0936. The number of halogens is 2. The van der Waals surface area contributed by atoms with E-state index in [1.54, 1.807) is 0 Å². The smallest absolute Gasteiger partial charge is 0.312 e. The minimum atomic E-state index is -0.647. The number of nitrogen functional groups attached to an aromatic ring is 1. The Morgan fingerprint density at radius 2 is 2.07 bits per heavy atom. The predicted molar refractivity (Wildman–Crippen MR) is 47.9 cm³/mol. The summed E-state index contributed by atoms with van der Waals surface area (Å²) in [5.74, 6) is -1.08. The number of hydrogen-bond acceptors (Lipinski definition) is 4. The number of nitrogens with zero attached hydrogens (tertiary/aromatic N) is 2. The van der Waals surface area contributed by atoms with Gasteiger partial charge in [0, 0.05) is 6.07 Å². The van der Waals surface area contributed by atoms with Crippen LogP contribution in [0.3, 0.4) is 0 Å². The Labute approximate surface area is 83.7 Å². The third kappa shape index (κ3) is 2.09. The molecular formula is C9H7F2N3O. The van der Waals surface area contributed by atoms with Crippen molar-refractivity contribution in [3.8, 4) is 0 Å². The maximum atomic E-state index is 13.2. The lowest BCUT2D eigenvalue weighted by Crippen LogP contribution is -1.93. The summed E-state index contributed by atoms with van der Waals surface area (Å²) in [5.41, 5.74) is 5.48. The van der Waals surface area contributed by atoms with Gasteiger partial charge in [-0.25, -0.2) is 8.78 Å². The molecule has 0 saturated heterocycles. The fourth-order valence-corrected chi connectivity index (χ4v) is 1.17. The molecule has 1 aromatic carbocycles. The van der Waals surface area contributed by atoms with Gasteiger partial charge in [0.15, 0.2) is 0 Å². The highest BCUT2D eigenvalue weighted by molar-refractivity contribution is 5.21. The van der Waals surface area contributed by atoms with Gasteiger partial charge in [-0.1, -0.05) is 11.2 Å². The molecule has 0 aliphatic carbocycles. The number of hydrogen-bond donors (Lipinski definition) is 1. The van der Waals surface area contributed by atoms with E-state index in [1.807, 2.05) is 0 Å². The van der Waals surface area contributed by atoms with E-state index in [1.165, 1.54) is 6.07 Å². The van der Waals surface area contributed by atoms with E-state index in [-0.39, 0.29) is 23.9 Å². The van der Waals surface area contributed by atoms with Crippen molar-refractivity contribution >= 4 is 6.01 Å². The van der Waals surface area contributed by atoms with Crippen molar-refractivity contribution in [2.24, 2.45) is 0 Å². The number of rotatable bonds is 2. The Hall–Kier alpha value is -1.98. The lowest BCUT2D eigenvalue weighted by molar-refractivity contribution is 0.513. The summed E-state index contributed by atoms with van der Waals surface area (Å²) in [4.78, 5) is 0. The van der Waals surface area contributed by atoms with Crippen LogP contribution in [-0.4, -0.2) is 10.2 Å². The maximum absolute atomic E-state index is 13.2. The van der Waals surface area contributed by atoms with E-state index in [2.05, 4.69) is 10.2 Å². The molecule has 2 aromatic rings. The van der Waals surface area contributed by atoms with Crippen molar-refractivity contribution in [2.75, 3.05) is 5.73 Å². The first-order valence-electron chi connectivity index (χ1n) is 4.17. The first-order valence-corrected chi connectivity index (χ1v) is 4.17. The molecule has 0 saturated carbocycles. The minimum absolute atomic E-state index is 0.0764. The third-order valence-electron chi connectivity index (χ3n) is 1.84. The first-order chi connectivity index (χ1) is 7.15. The van der Waals surface area contributed by atoms with Gasteiger partial charge in [-0.2, -0.15) is 0 Å². The van der Waals surface area contributed by atoms with E-state index >= 15 is 0 Å². The Morgan fingerprint density at radius 3 is 2.67 bits per heavy atom. The molecule has 0 amide bonds. The van der Waals surface area contributed by atoms with Crippen LogP contribution < -0.4 is 5.73 Å². The fraction of sp³-hybridized carbons (Fsp3) is 0.111. The molecule has 0 aliphatic rings. The molecule has 4 nitrogen and oxygen atoms in total. The minimum Gasteiger partial charge on any atom is -0.408 e. The van der Waals surface area contributed by atoms with Crippen LogP contribution in [0, 0.1) is 11.6 Å². The highest BCUT2D eigenvalue weighted by atomic mass is 19.1. The van der Waals surface area contributed by atoms with Crippen molar-refractivity contribution in [1.82, 2.24) is 10.2 Å². The molecule has 0 fully saturated rings. The van der Waals surface area contributed by atoms with Crippen LogP contribution in [0.1, 0.15) is 11.5 Å². The second-order valence-electron chi connectivity index (χ2n) is 2.95. The zero-order valence-electron chi connectivity index (χ0n) is 7.58. The average Bonchev–Trinajstić information content (AvgIpc) is 2.56. The zero-order valence-corrected chi connectivity index (χ0v) is 7.58. The Balaban J connectivity index is 2.24. The van der Waals surface area contributed by atoms with Crippen molar-refractivity contribution in [3.05, 3.63) is 41.3 Å².